The Labute approximate surface area is 193 Å². The molecule has 14 heteroatoms. The molecule has 10 nitrogen and oxygen atoms in total. The van der Waals surface area contributed by atoms with E-state index in [4.69, 9.17) is 10.3 Å². The smallest absolute Gasteiger partial charge is 0.368 e. The van der Waals surface area contributed by atoms with Crippen molar-refractivity contribution in [3.8, 4) is 23.1 Å². The number of benzene rings is 1. The summed E-state index contributed by atoms with van der Waals surface area (Å²) in [6.07, 6.45) is -3.16. The molecule has 0 fully saturated rings. The van der Waals surface area contributed by atoms with Gasteiger partial charge in [-0.2, -0.15) is 33.1 Å². The van der Waals surface area contributed by atoms with Crippen molar-refractivity contribution in [2.45, 2.75) is 11.9 Å². The first kappa shape index (κ1) is 23.2. The van der Waals surface area contributed by atoms with Gasteiger partial charge in [0.15, 0.2) is 0 Å². The summed E-state index contributed by atoms with van der Waals surface area (Å²) in [4.78, 5) is 22.6. The third-order valence-electron chi connectivity index (χ3n) is 4.42. The summed E-state index contributed by atoms with van der Waals surface area (Å²) >= 11 is 0. The normalized spacial score (nSPS) is 12.5. The molecular formula is C20H17F3N8O2S. The molecule has 1 unspecified atom stereocenters. The molecule has 176 valence electrons. The van der Waals surface area contributed by atoms with E-state index >= 15 is 0 Å². The van der Waals surface area contributed by atoms with Gasteiger partial charge in [-0.3, -0.25) is 9.19 Å². The zero-order valence-corrected chi connectivity index (χ0v) is 18.4. The van der Waals surface area contributed by atoms with Crippen molar-refractivity contribution in [1.82, 2.24) is 30.1 Å². The van der Waals surface area contributed by atoms with E-state index in [1.807, 2.05) is 30.3 Å². The lowest BCUT2D eigenvalue weighted by Gasteiger charge is -2.17. The van der Waals surface area contributed by atoms with Crippen LogP contribution < -0.4 is 10.6 Å². The Balaban J connectivity index is 1.52. The van der Waals surface area contributed by atoms with E-state index in [2.05, 4.69) is 30.1 Å². The summed E-state index contributed by atoms with van der Waals surface area (Å²) in [7, 11) is -0.344. The summed E-state index contributed by atoms with van der Waals surface area (Å²) in [5.74, 6) is -1.24. The van der Waals surface area contributed by atoms with E-state index in [0.29, 0.717) is 5.56 Å². The summed E-state index contributed by atoms with van der Waals surface area (Å²) in [6, 6.07) is 12.4. The van der Waals surface area contributed by atoms with Gasteiger partial charge in [-0.25, -0.2) is 0 Å². The van der Waals surface area contributed by atoms with Crippen molar-refractivity contribution in [2.24, 2.45) is 0 Å². The van der Waals surface area contributed by atoms with E-state index in [-0.39, 0.29) is 40.9 Å². The lowest BCUT2D eigenvalue weighted by atomic mass is 10.2. The lowest BCUT2D eigenvalue weighted by Crippen LogP contribution is -2.19. The summed E-state index contributed by atoms with van der Waals surface area (Å²) in [5.41, 5.74) is 7.32. The monoisotopic (exact) mass is 490 g/mol. The Morgan fingerprint density at radius 2 is 1.79 bits per heavy atom. The maximum absolute atomic E-state index is 12.4. The second-order valence-corrected chi connectivity index (χ2v) is 8.47. The second kappa shape index (κ2) is 9.51. The highest BCUT2D eigenvalue weighted by atomic mass is 32.2. The van der Waals surface area contributed by atoms with Gasteiger partial charge in [0.25, 0.3) is 5.89 Å². The molecule has 0 saturated carbocycles. The first-order valence-electron chi connectivity index (χ1n) is 9.69. The van der Waals surface area contributed by atoms with Crippen LogP contribution in [0.3, 0.4) is 0 Å². The SMILES string of the molecule is CN(c1ccccc1)c1nc(N)nc(-c2noc(-c3ccc(CS(=O)CC(F)(F)F)nc3)n2)n1. The quantitative estimate of drug-likeness (QED) is 0.411. The molecule has 0 spiro atoms. The Morgan fingerprint density at radius 3 is 2.47 bits per heavy atom. The standard InChI is InChI=1S/C20H17F3N8O2S/c1-31(14-5-3-2-4-6-14)19-28-15(27-18(24)29-19)16-26-17(33-30-16)12-7-8-13(25-9-12)10-34(32)11-20(21,22)23/h2-9H,10-11H2,1H3,(H2,24,27,28,29). The third kappa shape index (κ3) is 5.70. The molecule has 0 aliphatic heterocycles. The van der Waals surface area contributed by atoms with Crippen LogP contribution in [0.15, 0.2) is 53.2 Å². The van der Waals surface area contributed by atoms with Crippen LogP contribution in [-0.2, 0) is 16.6 Å². The molecule has 0 radical (unpaired) electrons. The zero-order valence-electron chi connectivity index (χ0n) is 17.6. The van der Waals surface area contributed by atoms with Crippen molar-refractivity contribution in [1.29, 1.82) is 0 Å². The summed E-state index contributed by atoms with van der Waals surface area (Å²) in [5, 5.41) is 3.87. The van der Waals surface area contributed by atoms with Gasteiger partial charge in [-0.15, -0.1) is 0 Å². The van der Waals surface area contributed by atoms with Gasteiger partial charge >= 0.3 is 6.18 Å². The van der Waals surface area contributed by atoms with Crippen LogP contribution in [0.5, 0.6) is 0 Å². The Kier molecular flexibility index (Phi) is 6.49. The number of hydrogen-bond donors (Lipinski definition) is 1. The number of alkyl halides is 3. The maximum atomic E-state index is 12.4. The third-order valence-corrected chi connectivity index (χ3v) is 5.68. The number of nitrogens with zero attached hydrogens (tertiary/aromatic N) is 7. The Bertz CT molecular complexity index is 1300. The average Bonchev–Trinajstić information content (AvgIpc) is 3.28. The van der Waals surface area contributed by atoms with Gasteiger partial charge < -0.3 is 15.2 Å². The van der Waals surface area contributed by atoms with Crippen LogP contribution >= 0.6 is 0 Å². The zero-order chi connectivity index (χ0) is 24.3. The summed E-state index contributed by atoms with van der Waals surface area (Å²) in [6.45, 7) is 0. The minimum absolute atomic E-state index is 0.0352. The average molecular weight is 490 g/mol. The number of para-hydroxylation sites is 1. The predicted octanol–water partition coefficient (Wildman–Crippen LogP) is 3.14. The van der Waals surface area contributed by atoms with Crippen molar-refractivity contribution in [3.63, 3.8) is 0 Å². The maximum Gasteiger partial charge on any atom is 0.400 e. The molecule has 34 heavy (non-hydrogen) atoms. The van der Waals surface area contributed by atoms with Crippen LogP contribution in [0.25, 0.3) is 23.1 Å². The highest BCUT2D eigenvalue weighted by Gasteiger charge is 2.30. The number of pyridine rings is 1. The van der Waals surface area contributed by atoms with E-state index < -0.39 is 22.7 Å². The van der Waals surface area contributed by atoms with Crippen molar-refractivity contribution < 1.29 is 21.9 Å². The fraction of sp³-hybridized carbons (Fsp3) is 0.200. The van der Waals surface area contributed by atoms with Crippen molar-refractivity contribution >= 4 is 28.4 Å². The van der Waals surface area contributed by atoms with Gasteiger partial charge in [-0.05, 0) is 24.3 Å². The minimum Gasteiger partial charge on any atom is -0.368 e. The van der Waals surface area contributed by atoms with Crippen LogP contribution in [-0.4, -0.2) is 53.3 Å². The first-order valence-corrected chi connectivity index (χ1v) is 11.2. The number of nitrogen functional groups attached to an aromatic ring is 1. The van der Waals surface area contributed by atoms with Crippen LogP contribution in [0.2, 0.25) is 0 Å². The first-order chi connectivity index (χ1) is 16.2. The predicted molar refractivity (Wildman–Crippen MR) is 118 cm³/mol. The number of aromatic nitrogens is 6. The van der Waals surface area contributed by atoms with Gasteiger partial charge in [0.1, 0.15) is 5.75 Å². The largest absolute Gasteiger partial charge is 0.400 e. The molecule has 0 aliphatic rings. The number of rotatable bonds is 7. The van der Waals surface area contributed by atoms with E-state index in [0.717, 1.165) is 5.69 Å². The molecular weight excluding hydrogens is 473 g/mol. The van der Waals surface area contributed by atoms with Gasteiger partial charge in [0, 0.05) is 29.7 Å². The van der Waals surface area contributed by atoms with Crippen molar-refractivity contribution in [3.05, 3.63) is 54.4 Å². The fourth-order valence-electron chi connectivity index (χ4n) is 2.86. The number of nitrogens with two attached hydrogens (primary N) is 1. The molecule has 0 saturated heterocycles. The lowest BCUT2D eigenvalue weighted by molar-refractivity contribution is -0.105. The minimum atomic E-state index is -4.50. The Hall–Kier alpha value is -3.94. The molecule has 3 heterocycles. The number of hydrogen-bond acceptors (Lipinski definition) is 10. The molecule has 1 atom stereocenters. The van der Waals surface area contributed by atoms with Crippen LogP contribution in [0.1, 0.15) is 5.69 Å². The van der Waals surface area contributed by atoms with Gasteiger partial charge in [-0.1, -0.05) is 23.4 Å². The number of anilines is 3. The molecule has 0 amide bonds. The molecule has 2 N–H and O–H groups in total. The molecule has 0 bridgehead atoms. The van der Waals surface area contributed by atoms with E-state index in [9.17, 15) is 17.4 Å². The second-order valence-electron chi connectivity index (χ2n) is 7.02. The van der Waals surface area contributed by atoms with Gasteiger partial charge in [0.05, 0.1) is 17.0 Å². The highest BCUT2D eigenvalue weighted by molar-refractivity contribution is 7.84. The summed E-state index contributed by atoms with van der Waals surface area (Å²) < 4.78 is 53.9. The van der Waals surface area contributed by atoms with E-state index in [1.54, 1.807) is 11.9 Å². The Morgan fingerprint density at radius 1 is 1.03 bits per heavy atom. The topological polar surface area (TPSA) is 137 Å². The van der Waals surface area contributed by atoms with Gasteiger partial charge in [0.2, 0.25) is 23.5 Å². The van der Waals surface area contributed by atoms with Crippen LogP contribution in [0, 0.1) is 0 Å². The fourth-order valence-corrected chi connectivity index (χ4v) is 3.83. The molecule has 3 aromatic heterocycles. The molecule has 4 rings (SSSR count). The van der Waals surface area contributed by atoms with E-state index in [1.165, 1.54) is 18.3 Å². The molecule has 1 aromatic carbocycles. The van der Waals surface area contributed by atoms with Crippen molar-refractivity contribution in [2.75, 3.05) is 23.4 Å². The molecule has 4 aromatic rings. The number of halogens is 3. The highest BCUT2D eigenvalue weighted by Crippen LogP contribution is 2.24. The molecule has 0 aliphatic carbocycles. The van der Waals surface area contributed by atoms with Crippen LogP contribution in [0.4, 0.5) is 30.8 Å².